The molecule has 0 aliphatic carbocycles. The van der Waals surface area contributed by atoms with Gasteiger partial charge < -0.3 is 20.1 Å². The van der Waals surface area contributed by atoms with Crippen molar-refractivity contribution in [2.45, 2.75) is 27.2 Å². The summed E-state index contributed by atoms with van der Waals surface area (Å²) >= 11 is 6.27. The maximum atomic E-state index is 11.8. The van der Waals surface area contributed by atoms with Gasteiger partial charge in [-0.15, -0.1) is 0 Å². The zero-order valence-corrected chi connectivity index (χ0v) is 15.6. The van der Waals surface area contributed by atoms with Gasteiger partial charge in [-0.05, 0) is 37.1 Å². The van der Waals surface area contributed by atoms with Gasteiger partial charge in [-0.1, -0.05) is 18.5 Å². The van der Waals surface area contributed by atoms with Gasteiger partial charge in [-0.25, -0.2) is 0 Å². The van der Waals surface area contributed by atoms with Gasteiger partial charge in [0.15, 0.2) is 11.5 Å². The van der Waals surface area contributed by atoms with Gasteiger partial charge in [0.2, 0.25) is 11.8 Å². The highest BCUT2D eigenvalue weighted by atomic mass is 35.5. The summed E-state index contributed by atoms with van der Waals surface area (Å²) in [7, 11) is 0. The summed E-state index contributed by atoms with van der Waals surface area (Å²) in [6.07, 6.45) is 3.91. The lowest BCUT2D eigenvalue weighted by molar-refractivity contribution is -0.119. The van der Waals surface area contributed by atoms with E-state index in [0.717, 1.165) is 12.0 Å². The topological polar surface area (TPSA) is 76.7 Å². The highest BCUT2D eigenvalue weighted by Gasteiger charge is 2.11. The van der Waals surface area contributed by atoms with Gasteiger partial charge in [0, 0.05) is 26.1 Å². The first-order valence-corrected chi connectivity index (χ1v) is 8.65. The van der Waals surface area contributed by atoms with Gasteiger partial charge in [-0.3, -0.25) is 9.59 Å². The summed E-state index contributed by atoms with van der Waals surface area (Å²) in [5.74, 6) is 0.676. The molecule has 2 amide bonds. The van der Waals surface area contributed by atoms with Crippen LogP contribution in [0.5, 0.6) is 11.5 Å². The molecule has 1 aromatic rings. The zero-order chi connectivity index (χ0) is 18.7. The van der Waals surface area contributed by atoms with Crippen molar-refractivity contribution in [2.75, 3.05) is 26.3 Å². The Bertz CT molecular complexity index is 617. The van der Waals surface area contributed by atoms with Crippen LogP contribution in [-0.4, -0.2) is 38.1 Å². The van der Waals surface area contributed by atoms with Gasteiger partial charge in [0.05, 0.1) is 18.2 Å². The van der Waals surface area contributed by atoms with Crippen LogP contribution in [-0.2, 0) is 9.59 Å². The Morgan fingerprint density at radius 3 is 2.52 bits per heavy atom. The molecule has 0 radical (unpaired) electrons. The third-order valence-corrected chi connectivity index (χ3v) is 3.29. The molecule has 7 heteroatoms. The van der Waals surface area contributed by atoms with E-state index in [2.05, 4.69) is 10.6 Å². The Morgan fingerprint density at radius 2 is 1.88 bits per heavy atom. The first-order chi connectivity index (χ1) is 12.0. The third kappa shape index (κ3) is 7.94. The van der Waals surface area contributed by atoms with Crippen LogP contribution < -0.4 is 20.1 Å². The van der Waals surface area contributed by atoms with E-state index >= 15 is 0 Å². The molecule has 0 aromatic heterocycles. The molecule has 0 saturated carbocycles. The molecular formula is C18H25ClN2O4. The number of hydrogen-bond donors (Lipinski definition) is 2. The number of carbonyl (C=O) groups excluding carboxylic acids is 2. The summed E-state index contributed by atoms with van der Waals surface area (Å²) in [6, 6.07) is 3.50. The molecule has 1 rings (SSSR count). The summed E-state index contributed by atoms with van der Waals surface area (Å²) in [4.78, 5) is 22.5. The number of rotatable bonds is 10. The molecule has 2 N–H and O–H groups in total. The Labute approximate surface area is 153 Å². The molecule has 0 heterocycles. The zero-order valence-electron chi connectivity index (χ0n) is 14.9. The second kappa shape index (κ2) is 11.4. The van der Waals surface area contributed by atoms with Crippen LogP contribution in [0.15, 0.2) is 18.2 Å². The minimum absolute atomic E-state index is 0.131. The maximum absolute atomic E-state index is 11.8. The summed E-state index contributed by atoms with van der Waals surface area (Å²) in [5, 5.41) is 5.71. The molecule has 0 bridgehead atoms. The van der Waals surface area contributed by atoms with E-state index < -0.39 is 0 Å². The minimum Gasteiger partial charge on any atom is -0.490 e. The van der Waals surface area contributed by atoms with Crippen molar-refractivity contribution in [3.8, 4) is 11.5 Å². The van der Waals surface area contributed by atoms with Crippen molar-refractivity contribution < 1.29 is 19.1 Å². The van der Waals surface area contributed by atoms with E-state index in [9.17, 15) is 9.59 Å². The summed E-state index contributed by atoms with van der Waals surface area (Å²) in [5.41, 5.74) is 0.731. The monoisotopic (exact) mass is 368 g/mol. The van der Waals surface area contributed by atoms with Crippen LogP contribution in [0.4, 0.5) is 0 Å². The number of carbonyl (C=O) groups is 2. The van der Waals surface area contributed by atoms with Crippen LogP contribution in [0.2, 0.25) is 5.02 Å². The number of ether oxygens (including phenoxy) is 2. The van der Waals surface area contributed by atoms with E-state index in [1.807, 2.05) is 13.8 Å². The third-order valence-electron chi connectivity index (χ3n) is 3.01. The summed E-state index contributed by atoms with van der Waals surface area (Å²) in [6.45, 7) is 7.09. The van der Waals surface area contributed by atoms with Crippen LogP contribution in [0.1, 0.15) is 32.8 Å². The van der Waals surface area contributed by atoms with E-state index in [4.69, 9.17) is 21.1 Å². The SMILES string of the molecule is CCCOc1c(Cl)cc(C=CC(=O)NCCNC(C)=O)cc1OCC. The molecular weight excluding hydrogens is 344 g/mol. The predicted octanol–water partition coefficient (Wildman–Crippen LogP) is 2.79. The highest BCUT2D eigenvalue weighted by Crippen LogP contribution is 2.37. The average Bonchev–Trinajstić information content (AvgIpc) is 2.56. The lowest BCUT2D eigenvalue weighted by atomic mass is 10.2. The van der Waals surface area contributed by atoms with Crippen LogP contribution in [0, 0.1) is 0 Å². The lowest BCUT2D eigenvalue weighted by Gasteiger charge is -2.14. The largest absolute Gasteiger partial charge is 0.490 e. The molecule has 1 aromatic carbocycles. The van der Waals surface area contributed by atoms with E-state index in [-0.39, 0.29) is 11.8 Å². The van der Waals surface area contributed by atoms with Gasteiger partial charge in [0.25, 0.3) is 0 Å². The Kier molecular flexibility index (Phi) is 9.47. The second-order valence-electron chi connectivity index (χ2n) is 5.22. The first-order valence-electron chi connectivity index (χ1n) is 8.27. The van der Waals surface area contributed by atoms with Crippen molar-refractivity contribution in [2.24, 2.45) is 0 Å². The maximum Gasteiger partial charge on any atom is 0.244 e. The Hall–Kier alpha value is -2.21. The van der Waals surface area contributed by atoms with Crippen molar-refractivity contribution in [3.63, 3.8) is 0 Å². The van der Waals surface area contributed by atoms with Crippen molar-refractivity contribution >= 4 is 29.5 Å². The molecule has 0 unspecified atom stereocenters. The van der Waals surface area contributed by atoms with Gasteiger partial charge in [0.1, 0.15) is 0 Å². The predicted molar refractivity (Wildman–Crippen MR) is 99.1 cm³/mol. The molecule has 0 aliphatic rings. The van der Waals surface area contributed by atoms with Gasteiger partial charge in [-0.2, -0.15) is 0 Å². The number of hydrogen-bond acceptors (Lipinski definition) is 4. The van der Waals surface area contributed by atoms with E-state index in [1.165, 1.54) is 13.0 Å². The van der Waals surface area contributed by atoms with E-state index in [0.29, 0.717) is 42.8 Å². The fourth-order valence-corrected chi connectivity index (χ4v) is 2.22. The molecule has 0 spiro atoms. The number of amides is 2. The van der Waals surface area contributed by atoms with Gasteiger partial charge >= 0.3 is 0 Å². The fraction of sp³-hybridized carbons (Fsp3) is 0.444. The van der Waals surface area contributed by atoms with Crippen LogP contribution in [0.25, 0.3) is 6.08 Å². The Morgan fingerprint density at radius 1 is 1.16 bits per heavy atom. The second-order valence-corrected chi connectivity index (χ2v) is 5.63. The molecule has 0 saturated heterocycles. The average molecular weight is 369 g/mol. The van der Waals surface area contributed by atoms with Crippen molar-refractivity contribution in [1.82, 2.24) is 10.6 Å². The molecule has 6 nitrogen and oxygen atoms in total. The highest BCUT2D eigenvalue weighted by molar-refractivity contribution is 6.32. The normalized spacial score (nSPS) is 10.6. The minimum atomic E-state index is -0.259. The molecule has 25 heavy (non-hydrogen) atoms. The number of halogens is 1. The first kappa shape index (κ1) is 20.8. The van der Waals surface area contributed by atoms with Crippen molar-refractivity contribution in [3.05, 3.63) is 28.8 Å². The lowest BCUT2D eigenvalue weighted by Crippen LogP contribution is -2.32. The van der Waals surface area contributed by atoms with E-state index in [1.54, 1.807) is 18.2 Å². The molecule has 0 atom stereocenters. The van der Waals surface area contributed by atoms with Crippen LogP contribution in [0.3, 0.4) is 0 Å². The smallest absolute Gasteiger partial charge is 0.244 e. The molecule has 138 valence electrons. The number of benzene rings is 1. The quantitative estimate of drug-likeness (QED) is 0.492. The Balaban J connectivity index is 2.73. The fourth-order valence-electron chi connectivity index (χ4n) is 1.95. The summed E-state index contributed by atoms with van der Waals surface area (Å²) < 4.78 is 11.2. The van der Waals surface area contributed by atoms with Crippen LogP contribution >= 0.6 is 11.6 Å². The molecule has 0 fully saturated rings. The standard InChI is InChI=1S/C18H25ClN2O4/c1-4-10-25-18-15(19)11-14(12-16(18)24-5-2)6-7-17(23)21-9-8-20-13(3)22/h6-7,11-12H,4-5,8-10H2,1-3H3,(H,20,22)(H,21,23). The number of nitrogens with one attached hydrogen (secondary N) is 2. The van der Waals surface area contributed by atoms with Crippen molar-refractivity contribution in [1.29, 1.82) is 0 Å². The molecule has 0 aliphatic heterocycles.